The van der Waals surface area contributed by atoms with Gasteiger partial charge in [0.05, 0.1) is 0 Å². The number of nitrogens with zero attached hydrogens (tertiary/aromatic N) is 2. The SMILES string of the molecule is CC1=CC(C)C(c2c3c(c(-c4ccc5ccc(-c6cncc(-c7ccncc7)c6)cc5c4)c4ccccc24)C=CC(C)C3)C=C1. The quantitative estimate of drug-likeness (QED) is 0.207. The first-order chi connectivity index (χ1) is 22.0. The number of allylic oxidation sites excluding steroid dienone is 5. The third-order valence-electron chi connectivity index (χ3n) is 9.73. The molecule has 45 heavy (non-hydrogen) atoms. The summed E-state index contributed by atoms with van der Waals surface area (Å²) in [5, 5.41) is 5.19. The molecule has 3 unspecified atom stereocenters. The van der Waals surface area contributed by atoms with Crippen molar-refractivity contribution in [3.8, 4) is 33.4 Å². The molecule has 0 amide bonds. The average molecular weight is 581 g/mol. The largest absolute Gasteiger partial charge is 0.265 e. The highest BCUT2D eigenvalue weighted by Gasteiger charge is 2.28. The molecule has 2 aromatic heterocycles. The maximum Gasteiger partial charge on any atom is 0.0346 e. The predicted octanol–water partition coefficient (Wildman–Crippen LogP) is 11.2. The summed E-state index contributed by atoms with van der Waals surface area (Å²) < 4.78 is 0. The lowest BCUT2D eigenvalue weighted by molar-refractivity contribution is 0.618. The third-order valence-corrected chi connectivity index (χ3v) is 9.73. The van der Waals surface area contributed by atoms with E-state index >= 15 is 0 Å². The van der Waals surface area contributed by atoms with Crippen molar-refractivity contribution in [2.24, 2.45) is 11.8 Å². The zero-order valence-electron chi connectivity index (χ0n) is 26.0. The number of hydrogen-bond acceptors (Lipinski definition) is 2. The lowest BCUT2D eigenvalue weighted by Gasteiger charge is -2.31. The Kier molecular flexibility index (Phi) is 6.79. The van der Waals surface area contributed by atoms with Gasteiger partial charge in [-0.05, 0) is 116 Å². The van der Waals surface area contributed by atoms with E-state index in [1.54, 1.807) is 0 Å². The topological polar surface area (TPSA) is 25.8 Å². The molecular weight excluding hydrogens is 544 g/mol. The number of benzene rings is 4. The smallest absolute Gasteiger partial charge is 0.0346 e. The van der Waals surface area contributed by atoms with E-state index in [9.17, 15) is 0 Å². The first-order valence-corrected chi connectivity index (χ1v) is 16.1. The fraction of sp³-hybridized carbons (Fsp3) is 0.163. The van der Waals surface area contributed by atoms with Crippen molar-refractivity contribution in [3.63, 3.8) is 0 Å². The molecule has 2 heteroatoms. The second-order valence-electron chi connectivity index (χ2n) is 12.9. The third kappa shape index (κ3) is 4.91. The van der Waals surface area contributed by atoms with Gasteiger partial charge in [0, 0.05) is 41.8 Å². The molecule has 0 radical (unpaired) electrons. The highest BCUT2D eigenvalue weighted by molar-refractivity contribution is 6.06. The Morgan fingerprint density at radius 1 is 0.644 bits per heavy atom. The number of rotatable bonds is 4. The molecule has 0 N–H and O–H groups in total. The first kappa shape index (κ1) is 27.5. The lowest BCUT2D eigenvalue weighted by atomic mass is 9.72. The molecule has 0 fully saturated rings. The number of fused-ring (bicyclic) bond motifs is 3. The molecule has 2 heterocycles. The van der Waals surface area contributed by atoms with Crippen LogP contribution in [-0.2, 0) is 6.42 Å². The van der Waals surface area contributed by atoms with Gasteiger partial charge in [-0.25, -0.2) is 0 Å². The van der Waals surface area contributed by atoms with E-state index in [4.69, 9.17) is 0 Å². The molecule has 0 spiro atoms. The fourth-order valence-corrected chi connectivity index (χ4v) is 7.53. The molecule has 0 aliphatic heterocycles. The Hall–Kier alpha value is -5.08. The van der Waals surface area contributed by atoms with E-state index in [1.807, 2.05) is 36.9 Å². The van der Waals surface area contributed by atoms with Crippen molar-refractivity contribution in [2.75, 3.05) is 0 Å². The highest BCUT2D eigenvalue weighted by atomic mass is 14.6. The minimum Gasteiger partial charge on any atom is -0.265 e. The number of hydrogen-bond donors (Lipinski definition) is 0. The van der Waals surface area contributed by atoms with Crippen molar-refractivity contribution in [1.82, 2.24) is 9.97 Å². The summed E-state index contributed by atoms with van der Waals surface area (Å²) in [6.45, 7) is 6.93. The monoisotopic (exact) mass is 580 g/mol. The molecule has 3 atom stereocenters. The van der Waals surface area contributed by atoms with Crippen LogP contribution in [0.15, 0.2) is 134 Å². The highest BCUT2D eigenvalue weighted by Crippen LogP contribution is 2.47. The maximum absolute atomic E-state index is 4.59. The van der Waals surface area contributed by atoms with Crippen molar-refractivity contribution in [1.29, 1.82) is 0 Å². The maximum atomic E-state index is 4.59. The van der Waals surface area contributed by atoms with Gasteiger partial charge in [0.15, 0.2) is 0 Å². The molecule has 218 valence electrons. The molecule has 0 saturated heterocycles. The van der Waals surface area contributed by atoms with Crippen LogP contribution in [0.5, 0.6) is 0 Å². The first-order valence-electron chi connectivity index (χ1n) is 16.1. The van der Waals surface area contributed by atoms with E-state index in [2.05, 4.69) is 128 Å². The standard InChI is InChI=1S/C43H36N2/c1-27-8-14-37(29(3)20-27)43-39-7-5-4-6-38(39)42(40-15-9-28(2)21-41(40)43)33-13-11-30-10-12-32(22-34(30)23-33)36-24-35(25-45-26-36)31-16-18-44-19-17-31/h4-20,22-26,28-29,37H,21H2,1-3H3. The van der Waals surface area contributed by atoms with Crippen LogP contribution in [0.1, 0.15) is 43.4 Å². The van der Waals surface area contributed by atoms with Gasteiger partial charge in [-0.1, -0.05) is 98.3 Å². The van der Waals surface area contributed by atoms with Gasteiger partial charge >= 0.3 is 0 Å². The number of pyridine rings is 2. The van der Waals surface area contributed by atoms with Crippen LogP contribution < -0.4 is 0 Å². The summed E-state index contributed by atoms with van der Waals surface area (Å²) in [7, 11) is 0. The minimum absolute atomic E-state index is 0.371. The van der Waals surface area contributed by atoms with E-state index < -0.39 is 0 Å². The molecule has 0 bridgehead atoms. The number of aromatic nitrogens is 2. The van der Waals surface area contributed by atoms with Crippen LogP contribution in [0.25, 0.3) is 61.0 Å². The summed E-state index contributed by atoms with van der Waals surface area (Å²) in [4.78, 5) is 8.76. The summed E-state index contributed by atoms with van der Waals surface area (Å²) >= 11 is 0. The molecule has 8 rings (SSSR count). The van der Waals surface area contributed by atoms with Crippen molar-refractivity contribution in [2.45, 2.75) is 33.1 Å². The van der Waals surface area contributed by atoms with E-state index in [0.717, 1.165) is 23.1 Å². The van der Waals surface area contributed by atoms with Gasteiger partial charge in [-0.2, -0.15) is 0 Å². The Bertz CT molecular complexity index is 2180. The van der Waals surface area contributed by atoms with E-state index in [1.165, 1.54) is 60.5 Å². The Morgan fingerprint density at radius 3 is 2.18 bits per heavy atom. The Morgan fingerprint density at radius 2 is 1.38 bits per heavy atom. The molecular formula is C43H36N2. The fourth-order valence-electron chi connectivity index (χ4n) is 7.53. The zero-order chi connectivity index (χ0) is 30.5. The van der Waals surface area contributed by atoms with Gasteiger partial charge in [0.2, 0.25) is 0 Å². The van der Waals surface area contributed by atoms with Crippen LogP contribution in [0, 0.1) is 11.8 Å². The predicted molar refractivity (Wildman–Crippen MR) is 190 cm³/mol. The molecule has 2 nitrogen and oxygen atoms in total. The Labute approximate surface area is 265 Å². The lowest BCUT2D eigenvalue weighted by Crippen LogP contribution is -2.16. The molecule has 0 saturated carbocycles. The summed E-state index contributed by atoms with van der Waals surface area (Å²) in [5.74, 6) is 1.34. The molecule has 4 aromatic carbocycles. The summed E-state index contributed by atoms with van der Waals surface area (Å²) in [6, 6.07) is 29.1. The molecule has 2 aliphatic carbocycles. The van der Waals surface area contributed by atoms with Gasteiger partial charge in [0.1, 0.15) is 0 Å². The van der Waals surface area contributed by atoms with Crippen LogP contribution >= 0.6 is 0 Å². The molecule has 6 aromatic rings. The van der Waals surface area contributed by atoms with Crippen LogP contribution in [-0.4, -0.2) is 9.97 Å². The van der Waals surface area contributed by atoms with Gasteiger partial charge in [0.25, 0.3) is 0 Å². The average Bonchev–Trinajstić information content (AvgIpc) is 3.07. The van der Waals surface area contributed by atoms with Gasteiger partial charge < -0.3 is 0 Å². The second kappa shape index (κ2) is 11.1. The van der Waals surface area contributed by atoms with Crippen LogP contribution in [0.4, 0.5) is 0 Å². The minimum atomic E-state index is 0.371. The second-order valence-corrected chi connectivity index (χ2v) is 12.9. The summed E-state index contributed by atoms with van der Waals surface area (Å²) in [6.07, 6.45) is 20.6. The van der Waals surface area contributed by atoms with Crippen LogP contribution in [0.3, 0.4) is 0 Å². The summed E-state index contributed by atoms with van der Waals surface area (Å²) in [5.41, 5.74) is 12.9. The van der Waals surface area contributed by atoms with E-state index in [-0.39, 0.29) is 0 Å². The van der Waals surface area contributed by atoms with Crippen molar-refractivity contribution in [3.05, 3.63) is 150 Å². The normalized spacial score (nSPS) is 19.1. The van der Waals surface area contributed by atoms with Crippen molar-refractivity contribution >= 4 is 27.6 Å². The van der Waals surface area contributed by atoms with E-state index in [0.29, 0.717) is 17.8 Å². The molecule has 2 aliphatic rings. The van der Waals surface area contributed by atoms with Crippen molar-refractivity contribution < 1.29 is 0 Å². The zero-order valence-corrected chi connectivity index (χ0v) is 26.0. The van der Waals surface area contributed by atoms with Gasteiger partial charge in [-0.3, -0.25) is 9.97 Å². The van der Waals surface area contributed by atoms with Crippen LogP contribution in [0.2, 0.25) is 0 Å². The van der Waals surface area contributed by atoms with Gasteiger partial charge in [-0.15, -0.1) is 0 Å². The Balaban J connectivity index is 1.30.